The number of thioether (sulfide) groups is 1. The average Bonchev–Trinajstić information content (AvgIpc) is 3.34. The van der Waals surface area contributed by atoms with Crippen molar-refractivity contribution in [1.82, 2.24) is 19.7 Å². The van der Waals surface area contributed by atoms with Crippen LogP contribution < -0.4 is 0 Å². The van der Waals surface area contributed by atoms with Crippen molar-refractivity contribution in [3.8, 4) is 11.4 Å². The summed E-state index contributed by atoms with van der Waals surface area (Å²) in [7, 11) is 0. The molecule has 1 unspecified atom stereocenters. The fourth-order valence-corrected chi connectivity index (χ4v) is 4.73. The molecule has 0 saturated carbocycles. The molecule has 0 radical (unpaired) electrons. The van der Waals surface area contributed by atoms with Gasteiger partial charge >= 0.3 is 0 Å². The van der Waals surface area contributed by atoms with Crippen LogP contribution in [0.5, 0.6) is 0 Å². The first kappa shape index (κ1) is 20.7. The van der Waals surface area contributed by atoms with Gasteiger partial charge in [0, 0.05) is 13.1 Å². The van der Waals surface area contributed by atoms with Gasteiger partial charge in [0.2, 0.25) is 5.91 Å². The molecular formula is C23H28N4O2S. The van der Waals surface area contributed by atoms with Gasteiger partial charge in [-0.2, -0.15) is 0 Å². The molecule has 1 atom stereocenters. The number of hydrogen-bond acceptors (Lipinski definition) is 5. The van der Waals surface area contributed by atoms with E-state index in [2.05, 4.69) is 33.8 Å². The molecule has 0 spiro atoms. The average molecular weight is 425 g/mol. The van der Waals surface area contributed by atoms with E-state index in [4.69, 9.17) is 4.42 Å². The van der Waals surface area contributed by atoms with Crippen LogP contribution in [0.1, 0.15) is 38.0 Å². The highest BCUT2D eigenvalue weighted by Crippen LogP contribution is 2.31. The summed E-state index contributed by atoms with van der Waals surface area (Å²) < 4.78 is 7.58. The Kier molecular flexibility index (Phi) is 6.27. The number of rotatable bonds is 6. The number of nitrogens with zero attached hydrogens (tertiary/aromatic N) is 4. The second-order valence-electron chi connectivity index (χ2n) is 8.04. The maximum Gasteiger partial charge on any atom is 0.235 e. The summed E-state index contributed by atoms with van der Waals surface area (Å²) in [6, 6.07) is 12.1. The number of hydrogen-bond donors (Lipinski definition) is 0. The Morgan fingerprint density at radius 3 is 2.60 bits per heavy atom. The second kappa shape index (κ2) is 9.08. The Balaban J connectivity index is 1.58. The molecule has 1 aromatic carbocycles. The molecule has 0 aliphatic carbocycles. The van der Waals surface area contributed by atoms with Crippen molar-refractivity contribution < 1.29 is 9.21 Å². The first-order chi connectivity index (χ1) is 14.5. The van der Waals surface area contributed by atoms with Gasteiger partial charge in [-0.25, -0.2) is 0 Å². The lowest BCUT2D eigenvalue weighted by molar-refractivity contribution is -0.131. The third kappa shape index (κ3) is 4.46. The van der Waals surface area contributed by atoms with Gasteiger partial charge < -0.3 is 9.32 Å². The van der Waals surface area contributed by atoms with Crippen LogP contribution in [0.15, 0.2) is 52.2 Å². The molecule has 1 aliphatic heterocycles. The topological polar surface area (TPSA) is 64.2 Å². The van der Waals surface area contributed by atoms with Gasteiger partial charge in [-0.15, -0.1) is 10.2 Å². The summed E-state index contributed by atoms with van der Waals surface area (Å²) in [6.07, 6.45) is 3.83. The number of likely N-dealkylation sites (tertiary alicyclic amines) is 1. The third-order valence-corrected chi connectivity index (χ3v) is 6.79. The van der Waals surface area contributed by atoms with Crippen molar-refractivity contribution in [2.24, 2.45) is 5.92 Å². The van der Waals surface area contributed by atoms with Gasteiger partial charge in [0.15, 0.2) is 11.0 Å². The van der Waals surface area contributed by atoms with Gasteiger partial charge in [-0.05, 0) is 44.2 Å². The molecule has 1 aliphatic rings. The zero-order chi connectivity index (χ0) is 21.1. The van der Waals surface area contributed by atoms with Crippen LogP contribution in [0.3, 0.4) is 0 Å². The minimum atomic E-state index is -0.213. The highest BCUT2D eigenvalue weighted by molar-refractivity contribution is 8.00. The summed E-state index contributed by atoms with van der Waals surface area (Å²) in [5.41, 5.74) is 2.08. The lowest BCUT2D eigenvalue weighted by Crippen LogP contribution is -2.41. The maximum absolute atomic E-state index is 13.0. The van der Waals surface area contributed by atoms with E-state index in [0.717, 1.165) is 53.8 Å². The number of aryl methyl sites for hydroxylation is 1. The maximum atomic E-state index is 13.0. The molecule has 3 heterocycles. The molecule has 0 N–H and O–H groups in total. The van der Waals surface area contributed by atoms with Crippen LogP contribution in [0.4, 0.5) is 0 Å². The largest absolute Gasteiger partial charge is 0.469 e. The van der Waals surface area contributed by atoms with Gasteiger partial charge in [0.1, 0.15) is 5.76 Å². The number of piperidine rings is 1. The Bertz CT molecular complexity index is 990. The Hall–Kier alpha value is -2.54. The Labute approximate surface area is 181 Å². The number of carbonyl (C=O) groups excluding carboxylic acids is 1. The van der Waals surface area contributed by atoms with E-state index >= 15 is 0 Å². The zero-order valence-electron chi connectivity index (χ0n) is 17.7. The highest BCUT2D eigenvalue weighted by atomic mass is 32.2. The van der Waals surface area contributed by atoms with E-state index in [1.165, 1.54) is 11.8 Å². The molecule has 7 heteroatoms. The first-order valence-electron chi connectivity index (χ1n) is 10.5. The van der Waals surface area contributed by atoms with E-state index in [1.807, 2.05) is 43.0 Å². The van der Waals surface area contributed by atoms with E-state index in [-0.39, 0.29) is 11.2 Å². The van der Waals surface area contributed by atoms with Crippen LogP contribution in [-0.2, 0) is 11.3 Å². The second-order valence-corrected chi connectivity index (χ2v) is 9.34. The number of amides is 1. The summed E-state index contributed by atoms with van der Waals surface area (Å²) in [5, 5.41) is 9.45. The quantitative estimate of drug-likeness (QED) is 0.540. The molecule has 2 aromatic heterocycles. The number of benzene rings is 1. The molecule has 158 valence electrons. The molecule has 1 amide bonds. The van der Waals surface area contributed by atoms with Crippen molar-refractivity contribution in [3.63, 3.8) is 0 Å². The number of carbonyl (C=O) groups is 1. The van der Waals surface area contributed by atoms with Gasteiger partial charge in [-0.3, -0.25) is 9.36 Å². The summed E-state index contributed by atoms with van der Waals surface area (Å²) in [4.78, 5) is 15.0. The third-order valence-electron chi connectivity index (χ3n) is 5.73. The number of furan rings is 1. The van der Waals surface area contributed by atoms with E-state index < -0.39 is 0 Å². The van der Waals surface area contributed by atoms with E-state index in [9.17, 15) is 4.79 Å². The highest BCUT2D eigenvalue weighted by Gasteiger charge is 2.27. The molecule has 4 rings (SSSR count). The minimum absolute atomic E-state index is 0.183. The van der Waals surface area contributed by atoms with Crippen LogP contribution >= 0.6 is 11.8 Å². The smallest absolute Gasteiger partial charge is 0.235 e. The standard InChI is InChI=1S/C23H28N4O2S/c1-16-9-12-26(13-10-16)22(28)18(3)30-23-25-24-21(20-11-14-29-17(20)2)27(23)15-19-7-5-4-6-8-19/h4-8,11,14,16,18H,9-10,12-13,15H2,1-3H3. The Morgan fingerprint density at radius 1 is 1.20 bits per heavy atom. The molecule has 1 fully saturated rings. The fraction of sp³-hybridized carbons (Fsp3) is 0.435. The minimum Gasteiger partial charge on any atom is -0.469 e. The van der Waals surface area contributed by atoms with Crippen molar-refractivity contribution in [1.29, 1.82) is 0 Å². The van der Waals surface area contributed by atoms with Crippen molar-refractivity contribution in [2.45, 2.75) is 50.6 Å². The normalized spacial score (nSPS) is 16.0. The predicted molar refractivity (Wildman–Crippen MR) is 118 cm³/mol. The van der Waals surface area contributed by atoms with Gasteiger partial charge in [-0.1, -0.05) is 49.0 Å². The van der Waals surface area contributed by atoms with Crippen LogP contribution in [0, 0.1) is 12.8 Å². The van der Waals surface area contributed by atoms with Gasteiger partial charge in [0.05, 0.1) is 23.6 Å². The zero-order valence-corrected chi connectivity index (χ0v) is 18.6. The molecule has 30 heavy (non-hydrogen) atoms. The first-order valence-corrected chi connectivity index (χ1v) is 11.4. The summed E-state index contributed by atoms with van der Waals surface area (Å²) >= 11 is 1.48. The van der Waals surface area contributed by atoms with Gasteiger partial charge in [0.25, 0.3) is 0 Å². The lowest BCUT2D eigenvalue weighted by Gasteiger charge is -2.32. The van der Waals surface area contributed by atoms with Crippen molar-refractivity contribution in [2.75, 3.05) is 13.1 Å². The monoisotopic (exact) mass is 424 g/mol. The summed E-state index contributed by atoms with van der Waals surface area (Å²) in [6.45, 7) is 8.48. The molecule has 1 saturated heterocycles. The predicted octanol–water partition coefficient (Wildman–Crippen LogP) is 4.63. The summed E-state index contributed by atoms with van der Waals surface area (Å²) in [5.74, 6) is 2.45. The Morgan fingerprint density at radius 2 is 1.93 bits per heavy atom. The fourth-order valence-electron chi connectivity index (χ4n) is 3.80. The number of aromatic nitrogens is 3. The van der Waals surface area contributed by atoms with Crippen LogP contribution in [0.25, 0.3) is 11.4 Å². The van der Waals surface area contributed by atoms with Crippen LogP contribution in [-0.4, -0.2) is 43.9 Å². The van der Waals surface area contributed by atoms with Crippen LogP contribution in [0.2, 0.25) is 0 Å². The molecular weight excluding hydrogens is 396 g/mol. The van der Waals surface area contributed by atoms with E-state index in [1.54, 1.807) is 6.26 Å². The lowest BCUT2D eigenvalue weighted by atomic mass is 9.99. The van der Waals surface area contributed by atoms with Crippen molar-refractivity contribution in [3.05, 3.63) is 54.0 Å². The van der Waals surface area contributed by atoms with Crippen molar-refractivity contribution >= 4 is 17.7 Å². The molecule has 6 nitrogen and oxygen atoms in total. The SMILES string of the molecule is Cc1occc1-c1nnc(SC(C)C(=O)N2CCC(C)CC2)n1Cc1ccccc1. The molecule has 3 aromatic rings. The van der Waals surface area contributed by atoms with E-state index in [0.29, 0.717) is 12.5 Å². The molecule has 0 bridgehead atoms.